The number of hydrogen-bond donors (Lipinski definition) is 1. The number of nitrogens with two attached hydrogens (primary N) is 1. The molecule has 0 rings (SSSR count). The Kier molecular flexibility index (Phi) is 6.63. The lowest BCUT2D eigenvalue weighted by Crippen LogP contribution is -2.54. The van der Waals surface area contributed by atoms with Crippen LogP contribution in [-0.4, -0.2) is 49.3 Å². The third-order valence-corrected chi connectivity index (χ3v) is 5.22. The molecule has 1 unspecified atom stereocenters. The summed E-state index contributed by atoms with van der Waals surface area (Å²) in [6.07, 6.45) is -19.6. The highest BCUT2D eigenvalue weighted by Gasteiger charge is 2.73. The molecule has 0 aromatic heterocycles. The SMILES string of the molecule is NC(=O)C(F)(CCC(F)(F)C(F)(F)C(F)(F)F)S(=O)(=O)CCC(F)(F)F. The summed E-state index contributed by atoms with van der Waals surface area (Å²) < 4.78 is 160. The average molecular weight is 433 g/mol. The van der Waals surface area contributed by atoms with Crippen molar-refractivity contribution in [2.24, 2.45) is 5.73 Å². The largest absolute Gasteiger partial charge is 0.459 e. The van der Waals surface area contributed by atoms with Crippen molar-refractivity contribution in [2.45, 2.75) is 48.5 Å². The van der Waals surface area contributed by atoms with E-state index in [1.54, 1.807) is 0 Å². The summed E-state index contributed by atoms with van der Waals surface area (Å²) in [6.45, 7) is 0. The van der Waals surface area contributed by atoms with Gasteiger partial charge in [0.25, 0.3) is 10.9 Å². The van der Waals surface area contributed by atoms with Gasteiger partial charge in [-0.15, -0.1) is 0 Å². The number of sulfone groups is 1. The van der Waals surface area contributed by atoms with E-state index >= 15 is 0 Å². The van der Waals surface area contributed by atoms with Crippen LogP contribution in [0.5, 0.6) is 0 Å². The lowest BCUT2D eigenvalue weighted by molar-refractivity contribution is -0.356. The zero-order valence-electron chi connectivity index (χ0n) is 12.2. The molecule has 0 aliphatic rings. The summed E-state index contributed by atoms with van der Waals surface area (Å²) in [6, 6.07) is 0. The van der Waals surface area contributed by atoms with Crippen molar-refractivity contribution < 1.29 is 61.5 Å². The quantitative estimate of drug-likeness (QED) is 0.598. The topological polar surface area (TPSA) is 77.2 Å². The second kappa shape index (κ2) is 6.99. The predicted octanol–water partition coefficient (Wildman–Crippen LogP) is 3.12. The van der Waals surface area contributed by atoms with Gasteiger partial charge >= 0.3 is 24.2 Å². The minimum Gasteiger partial charge on any atom is -0.366 e. The maximum absolute atomic E-state index is 14.2. The molecule has 0 fully saturated rings. The Morgan fingerprint density at radius 3 is 1.50 bits per heavy atom. The summed E-state index contributed by atoms with van der Waals surface area (Å²) in [4.78, 5) is 10.9. The standard InChI is InChI=1S/C10H10F11NO3S/c11-6(5(22)23,26(24,25)4-3-8(14,15)16)1-2-7(12,13)9(17,18)10(19,20)21/h1-4H2,(H2,22,23). The molecule has 1 atom stereocenters. The van der Waals surface area contributed by atoms with E-state index in [-0.39, 0.29) is 0 Å². The van der Waals surface area contributed by atoms with Crippen LogP contribution in [0.4, 0.5) is 48.3 Å². The monoisotopic (exact) mass is 433 g/mol. The van der Waals surface area contributed by atoms with Crippen molar-refractivity contribution in [3.05, 3.63) is 0 Å². The fraction of sp³-hybridized carbons (Fsp3) is 0.900. The Labute approximate surface area is 138 Å². The first-order valence-electron chi connectivity index (χ1n) is 6.21. The molecule has 0 aromatic carbocycles. The number of amides is 1. The molecule has 2 N–H and O–H groups in total. The van der Waals surface area contributed by atoms with Gasteiger partial charge in [-0.2, -0.15) is 43.9 Å². The van der Waals surface area contributed by atoms with E-state index in [0.29, 0.717) is 0 Å². The zero-order valence-corrected chi connectivity index (χ0v) is 13.0. The Hall–Kier alpha value is -1.35. The van der Waals surface area contributed by atoms with E-state index < -0.39 is 70.0 Å². The Bertz CT molecular complexity index is 625. The van der Waals surface area contributed by atoms with Crippen molar-refractivity contribution in [2.75, 3.05) is 5.75 Å². The van der Waals surface area contributed by atoms with Gasteiger partial charge in [-0.05, 0) is 0 Å². The second-order valence-corrected chi connectivity index (χ2v) is 7.34. The molecule has 26 heavy (non-hydrogen) atoms. The molecule has 0 aromatic rings. The molecular formula is C10H10F11NO3S. The molecule has 0 aliphatic heterocycles. The molecule has 156 valence electrons. The van der Waals surface area contributed by atoms with Gasteiger partial charge in [0.05, 0.1) is 12.2 Å². The Morgan fingerprint density at radius 2 is 1.19 bits per heavy atom. The lowest BCUT2D eigenvalue weighted by atomic mass is 10.0. The molecule has 1 amide bonds. The highest BCUT2D eigenvalue weighted by atomic mass is 32.2. The van der Waals surface area contributed by atoms with Gasteiger partial charge in [0.15, 0.2) is 9.84 Å². The smallest absolute Gasteiger partial charge is 0.366 e. The van der Waals surface area contributed by atoms with Crippen LogP contribution in [0.25, 0.3) is 0 Å². The zero-order chi connectivity index (χ0) is 21.4. The first-order valence-corrected chi connectivity index (χ1v) is 7.86. The van der Waals surface area contributed by atoms with E-state index in [9.17, 15) is 61.5 Å². The molecule has 0 heterocycles. The Morgan fingerprint density at radius 1 is 0.769 bits per heavy atom. The highest BCUT2D eigenvalue weighted by molar-refractivity contribution is 7.93. The number of primary amides is 1. The van der Waals surface area contributed by atoms with Gasteiger partial charge in [0.1, 0.15) is 0 Å². The number of halogens is 11. The number of hydrogen-bond acceptors (Lipinski definition) is 3. The van der Waals surface area contributed by atoms with Gasteiger partial charge in [-0.25, -0.2) is 12.8 Å². The van der Waals surface area contributed by atoms with Gasteiger partial charge < -0.3 is 5.73 Å². The molecule has 0 saturated carbocycles. The third-order valence-electron chi connectivity index (χ3n) is 3.09. The molecular weight excluding hydrogens is 423 g/mol. The molecule has 16 heteroatoms. The van der Waals surface area contributed by atoms with Crippen LogP contribution in [-0.2, 0) is 14.6 Å². The van der Waals surface area contributed by atoms with Crippen LogP contribution in [0.15, 0.2) is 0 Å². The minimum absolute atomic E-state index is 2.17. The number of carbonyl (C=O) groups excluding carboxylic acids is 1. The van der Waals surface area contributed by atoms with Gasteiger partial charge in [0, 0.05) is 12.8 Å². The van der Waals surface area contributed by atoms with Crippen molar-refractivity contribution >= 4 is 15.7 Å². The molecule has 0 saturated heterocycles. The fourth-order valence-electron chi connectivity index (χ4n) is 1.53. The molecule has 0 bridgehead atoms. The maximum Gasteiger partial charge on any atom is 0.459 e. The normalized spacial score (nSPS) is 17.0. The molecule has 0 radical (unpaired) electrons. The molecule has 0 aliphatic carbocycles. The average Bonchev–Trinajstić information content (AvgIpc) is 2.40. The van der Waals surface area contributed by atoms with Crippen LogP contribution >= 0.6 is 0 Å². The highest BCUT2D eigenvalue weighted by Crippen LogP contribution is 2.49. The summed E-state index contributed by atoms with van der Waals surface area (Å²) in [5.74, 6) is -17.6. The van der Waals surface area contributed by atoms with Crippen molar-refractivity contribution in [1.82, 2.24) is 0 Å². The summed E-state index contributed by atoms with van der Waals surface area (Å²) in [7, 11) is -5.88. The van der Waals surface area contributed by atoms with E-state index in [2.05, 4.69) is 5.73 Å². The van der Waals surface area contributed by atoms with Crippen LogP contribution in [0, 0.1) is 0 Å². The Balaban J connectivity index is 5.64. The predicted molar refractivity (Wildman–Crippen MR) is 62.7 cm³/mol. The van der Waals surface area contributed by atoms with Crippen molar-refractivity contribution in [3.8, 4) is 0 Å². The van der Waals surface area contributed by atoms with Crippen LogP contribution in [0.3, 0.4) is 0 Å². The van der Waals surface area contributed by atoms with E-state index in [0.717, 1.165) is 0 Å². The van der Waals surface area contributed by atoms with E-state index in [1.165, 1.54) is 0 Å². The first-order chi connectivity index (χ1) is 11.1. The van der Waals surface area contributed by atoms with E-state index in [4.69, 9.17) is 0 Å². The van der Waals surface area contributed by atoms with Crippen LogP contribution in [0.1, 0.15) is 19.3 Å². The van der Waals surface area contributed by atoms with Crippen molar-refractivity contribution in [1.29, 1.82) is 0 Å². The van der Waals surface area contributed by atoms with Gasteiger partial charge in [-0.3, -0.25) is 4.79 Å². The van der Waals surface area contributed by atoms with Gasteiger partial charge in [0.2, 0.25) is 0 Å². The first kappa shape index (κ1) is 24.7. The number of rotatable bonds is 8. The molecule has 0 spiro atoms. The second-order valence-electron chi connectivity index (χ2n) is 5.05. The maximum atomic E-state index is 14.2. The van der Waals surface area contributed by atoms with E-state index in [1.807, 2.05) is 0 Å². The third kappa shape index (κ3) is 5.09. The van der Waals surface area contributed by atoms with Crippen molar-refractivity contribution in [3.63, 3.8) is 0 Å². The number of carbonyl (C=O) groups is 1. The number of alkyl halides is 11. The van der Waals surface area contributed by atoms with Crippen LogP contribution < -0.4 is 5.73 Å². The lowest BCUT2D eigenvalue weighted by Gasteiger charge is -2.30. The van der Waals surface area contributed by atoms with Gasteiger partial charge in [-0.1, -0.05) is 0 Å². The summed E-state index contributed by atoms with van der Waals surface area (Å²) >= 11 is 0. The summed E-state index contributed by atoms with van der Waals surface area (Å²) in [5, 5.41) is -4.71. The fourth-order valence-corrected chi connectivity index (χ4v) is 3.07. The molecule has 4 nitrogen and oxygen atoms in total. The minimum atomic E-state index is -6.81. The van der Waals surface area contributed by atoms with Crippen LogP contribution in [0.2, 0.25) is 0 Å². The summed E-state index contributed by atoms with van der Waals surface area (Å²) in [5.41, 5.74) is 4.29.